The average Bonchev–Trinajstić information content (AvgIpc) is 2.52. The molecule has 2 rings (SSSR count). The van der Waals surface area contributed by atoms with Crippen molar-refractivity contribution in [2.45, 2.75) is 25.7 Å². The molecular weight excluding hydrogens is 266 g/mol. The normalized spacial score (nSPS) is 15.3. The number of amides is 1. The third-order valence-electron chi connectivity index (χ3n) is 3.58. The van der Waals surface area contributed by atoms with E-state index in [0.717, 1.165) is 26.1 Å². The molecule has 0 aromatic carbocycles. The molecule has 6 heteroatoms. The van der Waals surface area contributed by atoms with Crippen molar-refractivity contribution in [1.82, 2.24) is 20.2 Å². The second-order valence-corrected chi connectivity index (χ2v) is 5.70. The van der Waals surface area contributed by atoms with Crippen LogP contribution in [0.3, 0.4) is 0 Å². The van der Waals surface area contributed by atoms with Gasteiger partial charge in [-0.1, -0.05) is 0 Å². The Hall–Kier alpha value is -1.69. The summed E-state index contributed by atoms with van der Waals surface area (Å²) in [6.07, 6.45) is 6.21. The summed E-state index contributed by atoms with van der Waals surface area (Å²) in [7, 11) is 4.05. The Morgan fingerprint density at radius 1 is 1.33 bits per heavy atom. The molecule has 1 aromatic rings. The van der Waals surface area contributed by atoms with Gasteiger partial charge in [-0.25, -0.2) is 9.97 Å². The molecule has 0 radical (unpaired) electrons. The van der Waals surface area contributed by atoms with Crippen molar-refractivity contribution in [3.63, 3.8) is 0 Å². The number of hydrogen-bond donors (Lipinski definition) is 1. The molecule has 0 bridgehead atoms. The van der Waals surface area contributed by atoms with E-state index in [1.165, 1.54) is 19.3 Å². The van der Waals surface area contributed by atoms with Crippen LogP contribution in [0.2, 0.25) is 0 Å². The first-order valence-electron chi connectivity index (χ1n) is 7.68. The second kappa shape index (κ2) is 7.93. The van der Waals surface area contributed by atoms with Gasteiger partial charge in [-0.3, -0.25) is 4.79 Å². The number of carbonyl (C=O) groups is 1. The van der Waals surface area contributed by atoms with Gasteiger partial charge < -0.3 is 15.1 Å². The smallest absolute Gasteiger partial charge is 0.270 e. The molecule has 1 amide bonds. The van der Waals surface area contributed by atoms with E-state index in [1.807, 2.05) is 14.1 Å². The van der Waals surface area contributed by atoms with Crippen LogP contribution in [0.4, 0.5) is 5.95 Å². The molecule has 6 nitrogen and oxygen atoms in total. The maximum absolute atomic E-state index is 12.1. The lowest BCUT2D eigenvalue weighted by molar-refractivity contribution is 0.0947. The summed E-state index contributed by atoms with van der Waals surface area (Å²) >= 11 is 0. The average molecular weight is 291 g/mol. The third kappa shape index (κ3) is 4.97. The zero-order valence-corrected chi connectivity index (χ0v) is 13.0. The van der Waals surface area contributed by atoms with E-state index in [9.17, 15) is 4.79 Å². The third-order valence-corrected chi connectivity index (χ3v) is 3.58. The summed E-state index contributed by atoms with van der Waals surface area (Å²) in [5.74, 6) is 0.560. The molecule has 0 spiro atoms. The number of piperidine rings is 1. The maximum atomic E-state index is 12.1. The molecule has 0 aliphatic carbocycles. The van der Waals surface area contributed by atoms with Crippen molar-refractivity contribution >= 4 is 11.9 Å². The minimum Gasteiger partial charge on any atom is -0.351 e. The fourth-order valence-corrected chi connectivity index (χ4v) is 2.41. The number of hydrogen-bond acceptors (Lipinski definition) is 5. The van der Waals surface area contributed by atoms with Gasteiger partial charge in [0.05, 0.1) is 0 Å². The van der Waals surface area contributed by atoms with Gasteiger partial charge in [-0.2, -0.15) is 0 Å². The molecule has 0 unspecified atom stereocenters. The summed E-state index contributed by atoms with van der Waals surface area (Å²) in [4.78, 5) is 25.0. The van der Waals surface area contributed by atoms with E-state index in [4.69, 9.17) is 0 Å². The Kier molecular flexibility index (Phi) is 5.92. The maximum Gasteiger partial charge on any atom is 0.270 e. The van der Waals surface area contributed by atoms with Gasteiger partial charge in [0.1, 0.15) is 5.69 Å². The van der Waals surface area contributed by atoms with Crippen LogP contribution in [0.15, 0.2) is 12.3 Å². The SMILES string of the molecule is CN(C)CCCNC(=O)c1ccnc(N2CCCCC2)n1. The Morgan fingerprint density at radius 2 is 2.10 bits per heavy atom. The van der Waals surface area contributed by atoms with Crippen molar-refractivity contribution in [1.29, 1.82) is 0 Å². The Labute approximate surface area is 126 Å². The molecule has 0 atom stereocenters. The molecule has 1 aliphatic rings. The highest BCUT2D eigenvalue weighted by atomic mass is 16.1. The van der Waals surface area contributed by atoms with Crippen LogP contribution in [0.5, 0.6) is 0 Å². The molecule has 1 aromatic heterocycles. The minimum atomic E-state index is -0.116. The van der Waals surface area contributed by atoms with Crippen molar-refractivity contribution in [3.05, 3.63) is 18.0 Å². The monoisotopic (exact) mass is 291 g/mol. The second-order valence-electron chi connectivity index (χ2n) is 5.70. The number of nitrogens with zero attached hydrogens (tertiary/aromatic N) is 4. The molecule has 21 heavy (non-hydrogen) atoms. The van der Waals surface area contributed by atoms with Crippen LogP contribution in [0.1, 0.15) is 36.2 Å². The predicted octanol–water partition coefficient (Wildman–Crippen LogP) is 1.15. The summed E-state index contributed by atoms with van der Waals surface area (Å²) in [6, 6.07) is 1.68. The van der Waals surface area contributed by atoms with Crippen molar-refractivity contribution in [2.75, 3.05) is 45.2 Å². The lowest BCUT2D eigenvalue weighted by atomic mass is 10.1. The van der Waals surface area contributed by atoms with Crippen LogP contribution < -0.4 is 10.2 Å². The molecule has 1 aliphatic heterocycles. The lowest BCUT2D eigenvalue weighted by Crippen LogP contribution is -2.32. The van der Waals surface area contributed by atoms with Crippen molar-refractivity contribution < 1.29 is 4.79 Å². The number of anilines is 1. The topological polar surface area (TPSA) is 61.4 Å². The van der Waals surface area contributed by atoms with Crippen LogP contribution in [0, 0.1) is 0 Å². The van der Waals surface area contributed by atoms with Gasteiger partial charge in [0.25, 0.3) is 5.91 Å². The highest BCUT2D eigenvalue weighted by molar-refractivity contribution is 5.92. The van der Waals surface area contributed by atoms with Crippen molar-refractivity contribution in [2.24, 2.45) is 0 Å². The first-order valence-corrected chi connectivity index (χ1v) is 7.68. The van der Waals surface area contributed by atoms with Crippen LogP contribution >= 0.6 is 0 Å². The van der Waals surface area contributed by atoms with E-state index in [2.05, 4.69) is 25.1 Å². The number of carbonyl (C=O) groups excluding carboxylic acids is 1. The van der Waals surface area contributed by atoms with Crippen molar-refractivity contribution in [3.8, 4) is 0 Å². The van der Waals surface area contributed by atoms with Crippen LogP contribution in [-0.2, 0) is 0 Å². The fourth-order valence-electron chi connectivity index (χ4n) is 2.41. The quantitative estimate of drug-likeness (QED) is 0.797. The van der Waals surface area contributed by atoms with E-state index in [-0.39, 0.29) is 5.91 Å². The summed E-state index contributed by atoms with van der Waals surface area (Å²) in [5.41, 5.74) is 0.454. The summed E-state index contributed by atoms with van der Waals surface area (Å²) in [6.45, 7) is 3.59. The fraction of sp³-hybridized carbons (Fsp3) is 0.667. The highest BCUT2D eigenvalue weighted by Crippen LogP contribution is 2.15. The van der Waals surface area contributed by atoms with E-state index in [1.54, 1.807) is 12.3 Å². The number of aromatic nitrogens is 2. The molecule has 2 heterocycles. The van der Waals surface area contributed by atoms with Gasteiger partial charge in [0.2, 0.25) is 5.95 Å². The molecule has 116 valence electrons. The van der Waals surface area contributed by atoms with E-state index in [0.29, 0.717) is 18.2 Å². The lowest BCUT2D eigenvalue weighted by Gasteiger charge is -2.26. The minimum absolute atomic E-state index is 0.116. The van der Waals surface area contributed by atoms with Gasteiger partial charge >= 0.3 is 0 Å². The van der Waals surface area contributed by atoms with Gasteiger partial charge in [-0.15, -0.1) is 0 Å². The van der Waals surface area contributed by atoms with Gasteiger partial charge in [0, 0.05) is 25.8 Å². The largest absolute Gasteiger partial charge is 0.351 e. The van der Waals surface area contributed by atoms with Gasteiger partial charge in [-0.05, 0) is 52.4 Å². The van der Waals surface area contributed by atoms with Gasteiger partial charge in [0.15, 0.2) is 0 Å². The molecule has 0 saturated carbocycles. The molecule has 1 saturated heterocycles. The number of rotatable bonds is 6. The Bertz CT molecular complexity index is 457. The standard InChI is InChI=1S/C15H25N5O/c1-19(2)10-6-8-16-14(21)13-7-9-17-15(18-13)20-11-4-3-5-12-20/h7,9H,3-6,8,10-12H2,1-2H3,(H,16,21). The predicted molar refractivity (Wildman–Crippen MR) is 83.6 cm³/mol. The zero-order valence-electron chi connectivity index (χ0n) is 13.0. The Balaban J connectivity index is 1.88. The molecule has 1 N–H and O–H groups in total. The molecular formula is C15H25N5O. The van der Waals surface area contributed by atoms with E-state index >= 15 is 0 Å². The first kappa shape index (κ1) is 15.7. The molecule has 1 fully saturated rings. The van der Waals surface area contributed by atoms with Crippen LogP contribution in [0.25, 0.3) is 0 Å². The van der Waals surface area contributed by atoms with E-state index < -0.39 is 0 Å². The Morgan fingerprint density at radius 3 is 2.81 bits per heavy atom. The zero-order chi connectivity index (χ0) is 15.1. The summed E-state index contributed by atoms with van der Waals surface area (Å²) < 4.78 is 0. The number of nitrogens with one attached hydrogen (secondary N) is 1. The summed E-state index contributed by atoms with van der Waals surface area (Å²) in [5, 5.41) is 2.91. The highest BCUT2D eigenvalue weighted by Gasteiger charge is 2.15. The van der Waals surface area contributed by atoms with Crippen LogP contribution in [-0.4, -0.2) is 61.0 Å². The first-order chi connectivity index (χ1) is 10.2.